The Morgan fingerprint density at radius 2 is 2.00 bits per heavy atom. The van der Waals surface area contributed by atoms with Gasteiger partial charge < -0.3 is 4.90 Å². The van der Waals surface area contributed by atoms with Gasteiger partial charge >= 0.3 is 0 Å². The van der Waals surface area contributed by atoms with Crippen molar-refractivity contribution in [1.82, 2.24) is 4.90 Å². The molecule has 0 bridgehead atoms. The van der Waals surface area contributed by atoms with Crippen molar-refractivity contribution >= 4 is 11.7 Å². The number of ketones is 1. The van der Waals surface area contributed by atoms with Crippen LogP contribution in [-0.2, 0) is 16.0 Å². The minimum atomic E-state index is -0.779. The molecule has 0 aliphatic carbocycles. The standard InChI is InChI=1S/C13H12N2O2/c14-8-11-9-15(13(17)12(11)16)7-6-10-4-2-1-3-5-10/h1-5,11H,6-7,9H2. The number of hydrogen-bond acceptors (Lipinski definition) is 3. The van der Waals surface area contributed by atoms with Crippen LogP contribution in [0.5, 0.6) is 0 Å². The Morgan fingerprint density at radius 3 is 2.59 bits per heavy atom. The van der Waals surface area contributed by atoms with E-state index in [0.717, 1.165) is 5.56 Å². The number of nitrogens with zero attached hydrogens (tertiary/aromatic N) is 2. The predicted molar refractivity (Wildman–Crippen MR) is 60.8 cm³/mol. The van der Waals surface area contributed by atoms with E-state index >= 15 is 0 Å². The fourth-order valence-corrected chi connectivity index (χ4v) is 1.89. The summed E-state index contributed by atoms with van der Waals surface area (Å²) in [4.78, 5) is 24.3. The van der Waals surface area contributed by atoms with Crippen molar-refractivity contribution in [2.45, 2.75) is 6.42 Å². The van der Waals surface area contributed by atoms with Gasteiger partial charge in [-0.3, -0.25) is 9.59 Å². The highest BCUT2D eigenvalue weighted by Crippen LogP contribution is 2.14. The summed E-state index contributed by atoms with van der Waals surface area (Å²) < 4.78 is 0. The molecule has 1 atom stereocenters. The molecule has 1 fully saturated rings. The number of Topliss-reactive ketones (excluding diaryl/α,β-unsaturated/α-hetero) is 1. The van der Waals surface area contributed by atoms with Crippen molar-refractivity contribution in [3.8, 4) is 6.07 Å². The summed E-state index contributed by atoms with van der Waals surface area (Å²) in [6, 6.07) is 11.6. The molecule has 0 N–H and O–H groups in total. The number of likely N-dealkylation sites (tertiary alicyclic amines) is 1. The molecule has 1 aromatic carbocycles. The minimum Gasteiger partial charge on any atom is -0.334 e. The lowest BCUT2D eigenvalue weighted by Crippen LogP contribution is -2.29. The lowest BCUT2D eigenvalue weighted by molar-refractivity contribution is -0.140. The fourth-order valence-electron chi connectivity index (χ4n) is 1.89. The summed E-state index contributed by atoms with van der Waals surface area (Å²) in [5, 5.41) is 8.71. The van der Waals surface area contributed by atoms with E-state index in [0.29, 0.717) is 13.0 Å². The molecular weight excluding hydrogens is 216 g/mol. The van der Waals surface area contributed by atoms with Crippen molar-refractivity contribution < 1.29 is 9.59 Å². The molecule has 1 heterocycles. The van der Waals surface area contributed by atoms with Crippen molar-refractivity contribution in [3.63, 3.8) is 0 Å². The second-order valence-corrected chi connectivity index (χ2v) is 4.03. The van der Waals surface area contributed by atoms with Gasteiger partial charge in [-0.15, -0.1) is 0 Å². The molecule has 17 heavy (non-hydrogen) atoms. The predicted octanol–water partition coefficient (Wildman–Crippen LogP) is 0.780. The molecule has 1 amide bonds. The van der Waals surface area contributed by atoms with Gasteiger partial charge in [0.1, 0.15) is 5.92 Å². The molecule has 1 aliphatic heterocycles. The molecule has 0 radical (unpaired) electrons. The second-order valence-electron chi connectivity index (χ2n) is 4.03. The van der Waals surface area contributed by atoms with Gasteiger partial charge in [-0.05, 0) is 12.0 Å². The zero-order valence-electron chi connectivity index (χ0n) is 9.30. The molecule has 0 aromatic heterocycles. The lowest BCUT2D eigenvalue weighted by Gasteiger charge is -2.14. The van der Waals surface area contributed by atoms with E-state index in [1.54, 1.807) is 0 Å². The average Bonchev–Trinajstić information content (AvgIpc) is 2.65. The van der Waals surface area contributed by atoms with Crippen LogP contribution in [0.3, 0.4) is 0 Å². The zero-order chi connectivity index (χ0) is 12.3. The van der Waals surface area contributed by atoms with E-state index in [9.17, 15) is 9.59 Å². The molecule has 1 aromatic rings. The summed E-state index contributed by atoms with van der Waals surface area (Å²) in [6.07, 6.45) is 0.706. The molecule has 0 saturated carbocycles. The van der Waals surface area contributed by atoms with Gasteiger partial charge in [-0.25, -0.2) is 0 Å². The summed E-state index contributed by atoms with van der Waals surface area (Å²) >= 11 is 0. The summed E-state index contributed by atoms with van der Waals surface area (Å²) in [5.74, 6) is -1.87. The van der Waals surface area contributed by atoms with E-state index in [1.165, 1.54) is 4.90 Å². The van der Waals surface area contributed by atoms with Crippen LogP contribution < -0.4 is 0 Å². The van der Waals surface area contributed by atoms with E-state index in [4.69, 9.17) is 5.26 Å². The highest BCUT2D eigenvalue weighted by Gasteiger charge is 2.38. The summed E-state index contributed by atoms with van der Waals surface area (Å²) in [6.45, 7) is 0.730. The van der Waals surface area contributed by atoms with Crippen LogP contribution in [0.1, 0.15) is 5.56 Å². The topological polar surface area (TPSA) is 61.2 Å². The molecule has 86 valence electrons. The van der Waals surface area contributed by atoms with Crippen LogP contribution in [0.2, 0.25) is 0 Å². The van der Waals surface area contributed by atoms with Gasteiger partial charge in [-0.2, -0.15) is 5.26 Å². The van der Waals surface area contributed by atoms with Gasteiger partial charge in [0.05, 0.1) is 6.07 Å². The Morgan fingerprint density at radius 1 is 1.29 bits per heavy atom. The maximum Gasteiger partial charge on any atom is 0.291 e. The second kappa shape index (κ2) is 4.79. The smallest absolute Gasteiger partial charge is 0.291 e. The third-order valence-electron chi connectivity index (χ3n) is 2.89. The maximum atomic E-state index is 11.5. The number of hydrogen-bond donors (Lipinski definition) is 0. The number of amides is 1. The van der Waals surface area contributed by atoms with Crippen molar-refractivity contribution in [2.75, 3.05) is 13.1 Å². The molecule has 4 nitrogen and oxygen atoms in total. The molecule has 1 saturated heterocycles. The molecule has 1 aliphatic rings. The lowest BCUT2D eigenvalue weighted by atomic mass is 10.1. The van der Waals surface area contributed by atoms with E-state index in [2.05, 4.69) is 0 Å². The minimum absolute atomic E-state index is 0.237. The normalized spacial score (nSPS) is 19.5. The average molecular weight is 228 g/mol. The van der Waals surface area contributed by atoms with Gasteiger partial charge in [0.25, 0.3) is 5.91 Å². The Labute approximate surface area is 99.5 Å². The fraction of sp³-hybridized carbons (Fsp3) is 0.308. The Hall–Kier alpha value is -2.15. The van der Waals surface area contributed by atoms with Crippen LogP contribution in [0, 0.1) is 17.2 Å². The summed E-state index contributed by atoms with van der Waals surface area (Å²) in [7, 11) is 0. The van der Waals surface area contributed by atoms with Crippen molar-refractivity contribution in [2.24, 2.45) is 5.92 Å². The number of carbonyl (C=O) groups excluding carboxylic acids is 2. The molecule has 2 rings (SSSR count). The van der Waals surface area contributed by atoms with Crippen LogP contribution in [0.4, 0.5) is 0 Å². The van der Waals surface area contributed by atoms with Gasteiger partial charge in [0.15, 0.2) is 0 Å². The number of rotatable bonds is 3. The largest absolute Gasteiger partial charge is 0.334 e. The maximum absolute atomic E-state index is 11.5. The molecular formula is C13H12N2O2. The van der Waals surface area contributed by atoms with Crippen LogP contribution in [0.15, 0.2) is 30.3 Å². The first-order valence-corrected chi connectivity index (χ1v) is 5.49. The third-order valence-corrected chi connectivity index (χ3v) is 2.89. The van der Waals surface area contributed by atoms with Gasteiger partial charge in [-0.1, -0.05) is 30.3 Å². The van der Waals surface area contributed by atoms with Gasteiger partial charge in [0.2, 0.25) is 5.78 Å². The summed E-state index contributed by atoms with van der Waals surface area (Å²) in [5.41, 5.74) is 1.12. The monoisotopic (exact) mass is 228 g/mol. The van der Waals surface area contributed by atoms with Crippen LogP contribution in [-0.4, -0.2) is 29.7 Å². The van der Waals surface area contributed by atoms with E-state index < -0.39 is 17.6 Å². The first-order chi connectivity index (χ1) is 8.22. The Balaban J connectivity index is 1.96. The van der Waals surface area contributed by atoms with E-state index in [1.807, 2.05) is 36.4 Å². The first-order valence-electron chi connectivity index (χ1n) is 5.49. The van der Waals surface area contributed by atoms with Crippen molar-refractivity contribution in [1.29, 1.82) is 5.26 Å². The number of benzene rings is 1. The quantitative estimate of drug-likeness (QED) is 0.718. The number of carbonyl (C=O) groups is 2. The SMILES string of the molecule is N#CC1CN(CCc2ccccc2)C(=O)C1=O. The first kappa shape index (κ1) is 11.3. The van der Waals surface area contributed by atoms with E-state index in [-0.39, 0.29) is 6.54 Å². The molecule has 4 heteroatoms. The highest BCUT2D eigenvalue weighted by molar-refractivity contribution is 6.39. The molecule has 0 spiro atoms. The number of nitriles is 1. The zero-order valence-corrected chi connectivity index (χ0v) is 9.30. The highest BCUT2D eigenvalue weighted by atomic mass is 16.2. The van der Waals surface area contributed by atoms with Crippen LogP contribution in [0.25, 0.3) is 0 Å². The molecule has 1 unspecified atom stereocenters. The Kier molecular flexibility index (Phi) is 3.20. The Bertz CT molecular complexity index is 476. The van der Waals surface area contributed by atoms with Gasteiger partial charge in [0, 0.05) is 13.1 Å². The van der Waals surface area contributed by atoms with Crippen molar-refractivity contribution in [3.05, 3.63) is 35.9 Å². The third kappa shape index (κ3) is 2.34. The van der Waals surface area contributed by atoms with Crippen LogP contribution >= 0.6 is 0 Å².